The lowest BCUT2D eigenvalue weighted by Gasteiger charge is -2.22. The van der Waals surface area contributed by atoms with E-state index in [-0.39, 0.29) is 17.9 Å². The van der Waals surface area contributed by atoms with E-state index in [0.717, 1.165) is 31.6 Å². The van der Waals surface area contributed by atoms with Crippen molar-refractivity contribution < 1.29 is 9.59 Å². The number of piperidine rings is 1. The summed E-state index contributed by atoms with van der Waals surface area (Å²) in [6, 6.07) is 8.60. The Morgan fingerprint density at radius 2 is 2.19 bits per heavy atom. The number of nitrogens with zero attached hydrogens (tertiary/aromatic N) is 3. The van der Waals surface area contributed by atoms with E-state index in [1.165, 1.54) is 0 Å². The SMILES string of the molecule is O=C(NC1CCN(c2cccc(Cl)c2)C1=O)c1ccn(C2CCCNC2)n1. The van der Waals surface area contributed by atoms with E-state index in [4.69, 9.17) is 11.6 Å². The van der Waals surface area contributed by atoms with Crippen molar-refractivity contribution in [2.75, 3.05) is 24.5 Å². The fourth-order valence-electron chi connectivity index (χ4n) is 3.67. The van der Waals surface area contributed by atoms with E-state index >= 15 is 0 Å². The fraction of sp³-hybridized carbons (Fsp3) is 0.421. The Morgan fingerprint density at radius 1 is 1.30 bits per heavy atom. The number of carbonyl (C=O) groups excluding carboxylic acids is 2. The Balaban J connectivity index is 1.40. The van der Waals surface area contributed by atoms with Gasteiger partial charge in [-0.2, -0.15) is 5.10 Å². The van der Waals surface area contributed by atoms with Gasteiger partial charge in [-0.25, -0.2) is 0 Å². The molecule has 2 amide bonds. The van der Waals surface area contributed by atoms with Crippen molar-refractivity contribution >= 4 is 29.1 Å². The number of halogens is 1. The maximum absolute atomic E-state index is 12.7. The van der Waals surface area contributed by atoms with Crippen LogP contribution in [0.25, 0.3) is 0 Å². The summed E-state index contributed by atoms with van der Waals surface area (Å²) < 4.78 is 1.84. The maximum Gasteiger partial charge on any atom is 0.272 e. The normalized spacial score (nSPS) is 22.9. The summed E-state index contributed by atoms with van der Waals surface area (Å²) in [5.74, 6) is -0.439. The van der Waals surface area contributed by atoms with Gasteiger partial charge in [-0.3, -0.25) is 14.3 Å². The van der Waals surface area contributed by atoms with Crippen LogP contribution in [0.3, 0.4) is 0 Å². The monoisotopic (exact) mass is 387 g/mol. The molecule has 2 fully saturated rings. The molecule has 2 atom stereocenters. The standard InChI is InChI=1S/C19H22ClN5O2/c20-13-3-1-4-14(11-13)24-9-6-17(19(24)27)22-18(26)16-7-10-25(23-16)15-5-2-8-21-12-15/h1,3-4,7,10-11,15,17,21H,2,5-6,8-9,12H2,(H,22,26). The second kappa shape index (κ2) is 7.70. The number of benzene rings is 1. The number of aromatic nitrogens is 2. The molecule has 0 saturated carbocycles. The summed E-state index contributed by atoms with van der Waals surface area (Å²) >= 11 is 6.02. The maximum atomic E-state index is 12.7. The Labute approximate surface area is 162 Å². The van der Waals surface area contributed by atoms with Crippen molar-refractivity contribution in [3.63, 3.8) is 0 Å². The zero-order valence-corrected chi connectivity index (χ0v) is 15.7. The molecule has 0 bridgehead atoms. The number of carbonyl (C=O) groups is 2. The lowest BCUT2D eigenvalue weighted by Crippen LogP contribution is -2.41. The number of hydrogen-bond donors (Lipinski definition) is 2. The molecule has 2 aliphatic rings. The van der Waals surface area contributed by atoms with Crippen LogP contribution in [-0.4, -0.2) is 47.3 Å². The van der Waals surface area contributed by atoms with E-state index in [2.05, 4.69) is 15.7 Å². The van der Waals surface area contributed by atoms with E-state index in [1.54, 1.807) is 23.1 Å². The minimum Gasteiger partial charge on any atom is -0.339 e. The highest BCUT2D eigenvalue weighted by Crippen LogP contribution is 2.24. The van der Waals surface area contributed by atoms with Gasteiger partial charge in [0, 0.05) is 30.0 Å². The molecule has 1 aromatic heterocycles. The summed E-state index contributed by atoms with van der Waals surface area (Å²) in [7, 11) is 0. The Bertz CT molecular complexity index is 846. The molecule has 142 valence electrons. The topological polar surface area (TPSA) is 79.3 Å². The van der Waals surface area contributed by atoms with Crippen molar-refractivity contribution in [3.8, 4) is 0 Å². The molecule has 0 aliphatic carbocycles. The molecule has 2 saturated heterocycles. The third-order valence-corrected chi connectivity index (χ3v) is 5.35. The first kappa shape index (κ1) is 18.0. The van der Waals surface area contributed by atoms with Crippen LogP contribution in [0.15, 0.2) is 36.5 Å². The van der Waals surface area contributed by atoms with Crippen LogP contribution in [0, 0.1) is 0 Å². The lowest BCUT2D eigenvalue weighted by molar-refractivity contribution is -0.118. The second-order valence-corrected chi connectivity index (χ2v) is 7.40. The number of amides is 2. The molecule has 4 rings (SSSR count). The van der Waals surface area contributed by atoms with Gasteiger partial charge in [0.2, 0.25) is 5.91 Å². The molecular weight excluding hydrogens is 366 g/mol. The molecule has 7 nitrogen and oxygen atoms in total. The first-order chi connectivity index (χ1) is 13.1. The van der Waals surface area contributed by atoms with E-state index in [9.17, 15) is 9.59 Å². The highest BCUT2D eigenvalue weighted by atomic mass is 35.5. The highest BCUT2D eigenvalue weighted by molar-refractivity contribution is 6.31. The van der Waals surface area contributed by atoms with Gasteiger partial charge in [0.1, 0.15) is 11.7 Å². The molecular formula is C19H22ClN5O2. The van der Waals surface area contributed by atoms with Gasteiger partial charge in [-0.1, -0.05) is 17.7 Å². The average molecular weight is 388 g/mol. The molecule has 8 heteroatoms. The van der Waals surface area contributed by atoms with Gasteiger partial charge >= 0.3 is 0 Å². The number of anilines is 1. The van der Waals surface area contributed by atoms with E-state index < -0.39 is 6.04 Å². The van der Waals surface area contributed by atoms with Crippen molar-refractivity contribution in [1.82, 2.24) is 20.4 Å². The zero-order valence-electron chi connectivity index (χ0n) is 14.9. The average Bonchev–Trinajstić information content (AvgIpc) is 3.30. The smallest absolute Gasteiger partial charge is 0.272 e. The molecule has 1 aromatic carbocycles. The minimum absolute atomic E-state index is 0.124. The lowest BCUT2D eigenvalue weighted by atomic mass is 10.1. The molecule has 3 heterocycles. The number of nitrogens with one attached hydrogen (secondary N) is 2. The summed E-state index contributed by atoms with van der Waals surface area (Å²) in [4.78, 5) is 26.9. The van der Waals surface area contributed by atoms with Gasteiger partial charge in [-0.05, 0) is 50.1 Å². The summed E-state index contributed by atoms with van der Waals surface area (Å²) in [5.41, 5.74) is 1.09. The molecule has 2 unspecified atom stereocenters. The number of rotatable bonds is 4. The largest absolute Gasteiger partial charge is 0.339 e. The zero-order chi connectivity index (χ0) is 18.8. The molecule has 27 heavy (non-hydrogen) atoms. The number of hydrogen-bond acceptors (Lipinski definition) is 4. The van der Waals surface area contributed by atoms with Crippen LogP contribution < -0.4 is 15.5 Å². The van der Waals surface area contributed by atoms with Crippen molar-refractivity contribution in [2.24, 2.45) is 0 Å². The first-order valence-corrected chi connectivity index (χ1v) is 9.63. The quantitative estimate of drug-likeness (QED) is 0.841. The Kier molecular flexibility index (Phi) is 5.13. The molecule has 2 N–H and O–H groups in total. The third-order valence-electron chi connectivity index (χ3n) is 5.12. The highest BCUT2D eigenvalue weighted by Gasteiger charge is 2.34. The van der Waals surface area contributed by atoms with Gasteiger partial charge in [0.15, 0.2) is 0 Å². The van der Waals surface area contributed by atoms with Crippen LogP contribution in [-0.2, 0) is 4.79 Å². The van der Waals surface area contributed by atoms with Crippen LogP contribution >= 0.6 is 11.6 Å². The van der Waals surface area contributed by atoms with Gasteiger partial charge in [0.25, 0.3) is 5.91 Å². The van der Waals surface area contributed by atoms with Crippen LogP contribution in [0.1, 0.15) is 35.8 Å². The van der Waals surface area contributed by atoms with Crippen molar-refractivity contribution in [1.29, 1.82) is 0 Å². The predicted octanol–water partition coefficient (Wildman–Crippen LogP) is 2.00. The van der Waals surface area contributed by atoms with Crippen molar-refractivity contribution in [2.45, 2.75) is 31.3 Å². The van der Waals surface area contributed by atoms with Gasteiger partial charge < -0.3 is 15.5 Å². The molecule has 0 spiro atoms. The molecule has 2 aliphatic heterocycles. The molecule has 0 radical (unpaired) electrons. The molecule has 2 aromatic rings. The Hall–Kier alpha value is -2.38. The Morgan fingerprint density at radius 3 is 2.96 bits per heavy atom. The fourth-order valence-corrected chi connectivity index (χ4v) is 3.85. The van der Waals surface area contributed by atoms with Crippen molar-refractivity contribution in [3.05, 3.63) is 47.2 Å². The van der Waals surface area contributed by atoms with Crippen LogP contribution in [0.4, 0.5) is 5.69 Å². The van der Waals surface area contributed by atoms with Gasteiger partial charge in [0.05, 0.1) is 6.04 Å². The van der Waals surface area contributed by atoms with Crippen LogP contribution in [0.5, 0.6) is 0 Å². The van der Waals surface area contributed by atoms with E-state index in [1.807, 2.05) is 23.0 Å². The predicted molar refractivity (Wildman–Crippen MR) is 103 cm³/mol. The summed E-state index contributed by atoms with van der Waals surface area (Å²) in [6.07, 6.45) is 4.54. The van der Waals surface area contributed by atoms with Gasteiger partial charge in [-0.15, -0.1) is 0 Å². The van der Waals surface area contributed by atoms with E-state index in [0.29, 0.717) is 23.7 Å². The first-order valence-electron chi connectivity index (χ1n) is 9.25. The summed E-state index contributed by atoms with van der Waals surface area (Å²) in [5, 5.41) is 11.2. The second-order valence-electron chi connectivity index (χ2n) is 6.97. The van der Waals surface area contributed by atoms with Crippen LogP contribution in [0.2, 0.25) is 5.02 Å². The summed E-state index contributed by atoms with van der Waals surface area (Å²) in [6.45, 7) is 2.43. The third kappa shape index (κ3) is 3.84. The minimum atomic E-state index is -0.544.